The quantitative estimate of drug-likeness (QED) is 0.0118. The maximum Gasteiger partial charge on any atom is 0.472 e. The monoisotopic (exact) mass is 1080 g/mol. The third kappa shape index (κ3) is 21.0. The number of hydrogen-bond donors (Lipinski definition) is 5. The first kappa shape index (κ1) is 61.1. The molecule has 5 rings (SSSR count). The number of thiocarbonyl (C=S) groups is 1. The zero-order valence-electron chi connectivity index (χ0n) is 44.7. The molecule has 2 atom stereocenters. The normalized spacial score (nSPS) is 14.2. The van der Waals surface area contributed by atoms with Crippen molar-refractivity contribution in [3.8, 4) is 23.0 Å². The second-order valence-corrected chi connectivity index (χ2v) is 21.9. The number of phenolic OH excluding ortho intramolecular Hbond substituents is 2. The van der Waals surface area contributed by atoms with Gasteiger partial charge in [-0.1, -0.05) is 174 Å². The number of fused-ring (bicyclic) bond motifs is 6. The van der Waals surface area contributed by atoms with Gasteiger partial charge in [0, 0.05) is 53.9 Å². The van der Waals surface area contributed by atoms with Crippen molar-refractivity contribution in [3.63, 3.8) is 0 Å². The molecule has 0 aliphatic carbocycles. The lowest BCUT2D eigenvalue weighted by molar-refractivity contribution is -0.161. The summed E-state index contributed by atoms with van der Waals surface area (Å²) < 4.78 is 46.7. The highest BCUT2D eigenvalue weighted by atomic mass is 32.1. The summed E-state index contributed by atoms with van der Waals surface area (Å²) in [5, 5.41) is 26.5. The van der Waals surface area contributed by atoms with Crippen LogP contribution in [0, 0.1) is 0 Å². The molecule has 0 aromatic heterocycles. The smallest absolute Gasteiger partial charge is 0.472 e. The van der Waals surface area contributed by atoms with E-state index in [2.05, 4.69) is 24.5 Å². The Morgan fingerprint density at radius 3 is 1.60 bits per heavy atom. The summed E-state index contributed by atoms with van der Waals surface area (Å²) in [6, 6.07) is 14.0. The number of unbranched alkanes of at least 4 members (excludes halogenated alkanes) is 24. The number of carbonyl (C=O) groups excluding carboxylic acids is 3. The standard InChI is InChI=1S/C58H85N2O13PS/c1-3-5-7-9-11-13-15-17-19-21-23-25-27-29-54(63)68-42-47(71-55(64)30-28-26-24-22-20-18-16-14-12-10-8-6-4-2)43-70-74(66,67)69-38-37-59-57(75)60-44-31-34-49-48(39-44)56(65)73-58(49)50-35-32-45(61)40-52(50)72-53-41-46(62)33-36-51(53)58/h31-36,39-41,47,61-62H,3-30,37-38,42-43H2,1-2H3,(H,66,67)(H2,59,60,75)/t47-/m1/s1. The average molecular weight is 1080 g/mol. The fraction of sp³-hybridized carbons (Fsp3) is 0.621. The van der Waals surface area contributed by atoms with Crippen molar-refractivity contribution < 1.29 is 62.1 Å². The Morgan fingerprint density at radius 2 is 1.09 bits per heavy atom. The molecular weight excluding hydrogens is 996 g/mol. The van der Waals surface area contributed by atoms with E-state index in [-0.39, 0.29) is 66.3 Å². The number of phosphoric ester groups is 1. The topological polar surface area (TPSA) is 208 Å². The number of esters is 3. The van der Waals surface area contributed by atoms with Crippen LogP contribution in [-0.2, 0) is 43.0 Å². The molecule has 15 nitrogen and oxygen atoms in total. The summed E-state index contributed by atoms with van der Waals surface area (Å²) in [6.45, 7) is 3.29. The Labute approximate surface area is 451 Å². The lowest BCUT2D eigenvalue weighted by Crippen LogP contribution is -2.33. The maximum absolute atomic E-state index is 13.5. The number of phenols is 2. The van der Waals surface area contributed by atoms with Gasteiger partial charge >= 0.3 is 25.7 Å². The molecule has 0 fully saturated rings. The number of benzene rings is 3. The second kappa shape index (κ2) is 33.4. The minimum atomic E-state index is -4.67. The van der Waals surface area contributed by atoms with Crippen molar-refractivity contribution in [3.05, 3.63) is 76.9 Å². The molecule has 17 heteroatoms. The van der Waals surface area contributed by atoms with E-state index >= 15 is 0 Å². The second-order valence-electron chi connectivity index (χ2n) is 20.1. The van der Waals surface area contributed by atoms with Crippen molar-refractivity contribution in [1.82, 2.24) is 5.32 Å². The van der Waals surface area contributed by atoms with Crippen LogP contribution in [-0.4, -0.2) is 70.6 Å². The van der Waals surface area contributed by atoms with Crippen molar-refractivity contribution in [1.29, 1.82) is 0 Å². The predicted molar refractivity (Wildman–Crippen MR) is 295 cm³/mol. The van der Waals surface area contributed by atoms with Gasteiger partial charge in [-0.25, -0.2) is 9.36 Å². The summed E-state index contributed by atoms with van der Waals surface area (Å²) in [4.78, 5) is 49.8. The summed E-state index contributed by atoms with van der Waals surface area (Å²) in [5.41, 5.74) is 0.767. The van der Waals surface area contributed by atoms with Gasteiger partial charge in [0.25, 0.3) is 0 Å². The van der Waals surface area contributed by atoms with Gasteiger partial charge in [0.15, 0.2) is 16.8 Å². The van der Waals surface area contributed by atoms with Gasteiger partial charge in [-0.15, -0.1) is 0 Å². The van der Waals surface area contributed by atoms with Crippen LogP contribution in [0.3, 0.4) is 0 Å². The molecule has 0 amide bonds. The van der Waals surface area contributed by atoms with Gasteiger partial charge in [-0.05, 0) is 61.5 Å². The Hall–Kier alpha value is -4.73. The molecule has 2 aliphatic rings. The van der Waals surface area contributed by atoms with Crippen LogP contribution in [0.2, 0.25) is 0 Å². The molecule has 1 spiro atoms. The van der Waals surface area contributed by atoms with Crippen LogP contribution in [0.15, 0.2) is 54.6 Å². The third-order valence-electron chi connectivity index (χ3n) is 13.8. The van der Waals surface area contributed by atoms with Crippen LogP contribution in [0.5, 0.6) is 23.0 Å². The van der Waals surface area contributed by atoms with E-state index in [9.17, 15) is 34.1 Å². The summed E-state index contributed by atoms with van der Waals surface area (Å²) in [5.74, 6) is -1.13. The summed E-state index contributed by atoms with van der Waals surface area (Å²) >= 11 is 5.47. The lowest BCUT2D eigenvalue weighted by Gasteiger charge is -2.36. The fourth-order valence-electron chi connectivity index (χ4n) is 9.69. The summed E-state index contributed by atoms with van der Waals surface area (Å²) in [6.07, 6.45) is 30.0. The molecule has 5 N–H and O–H groups in total. The molecule has 75 heavy (non-hydrogen) atoms. The van der Waals surface area contributed by atoms with Crippen LogP contribution < -0.4 is 15.4 Å². The minimum absolute atomic E-state index is 0.0164. The van der Waals surface area contributed by atoms with Gasteiger partial charge in [-0.3, -0.25) is 18.6 Å². The number of hydrogen-bond acceptors (Lipinski definition) is 13. The van der Waals surface area contributed by atoms with Crippen LogP contribution >= 0.6 is 20.0 Å². The van der Waals surface area contributed by atoms with Gasteiger partial charge in [0.1, 0.15) is 29.6 Å². The Morgan fingerprint density at radius 1 is 0.627 bits per heavy atom. The molecule has 1 unspecified atom stereocenters. The number of carbonyl (C=O) groups is 3. The molecule has 2 aliphatic heterocycles. The van der Waals surface area contributed by atoms with Crippen molar-refractivity contribution in [2.24, 2.45) is 0 Å². The molecule has 0 saturated heterocycles. The van der Waals surface area contributed by atoms with E-state index in [1.54, 1.807) is 30.3 Å². The largest absolute Gasteiger partial charge is 0.508 e. The molecule has 2 heterocycles. The highest BCUT2D eigenvalue weighted by Crippen LogP contribution is 2.57. The van der Waals surface area contributed by atoms with E-state index in [4.69, 9.17) is 40.2 Å². The number of nitrogens with one attached hydrogen (secondary N) is 2. The van der Waals surface area contributed by atoms with E-state index in [0.29, 0.717) is 35.2 Å². The Balaban J connectivity index is 1.04. The number of rotatable bonds is 39. The van der Waals surface area contributed by atoms with Crippen molar-refractivity contribution in [2.75, 3.05) is 31.7 Å². The summed E-state index contributed by atoms with van der Waals surface area (Å²) in [7, 11) is -4.67. The van der Waals surface area contributed by atoms with E-state index in [1.165, 1.54) is 140 Å². The number of anilines is 1. The SMILES string of the molecule is CCCCCCCCCCCCCCCC(=O)OC[C@H](COP(=O)(O)OCCNC(=S)Nc1ccc2c(c1)C(=O)OC21c2ccc(O)cc2Oc2cc(O)ccc21)OC(=O)CCCCCCCCCCCCCCC. The average Bonchev–Trinajstić information content (AvgIpc) is 3.66. The van der Waals surface area contributed by atoms with Gasteiger partial charge < -0.3 is 44.7 Å². The first-order valence-electron chi connectivity index (χ1n) is 28.1. The Bertz CT molecular complexity index is 2240. The number of ether oxygens (including phenoxy) is 4. The predicted octanol–water partition coefficient (Wildman–Crippen LogP) is 14.5. The Kier molecular flexibility index (Phi) is 27.2. The number of phosphoric acid groups is 1. The fourth-order valence-corrected chi connectivity index (χ4v) is 10.7. The molecular formula is C58H85N2O13PS. The van der Waals surface area contributed by atoms with Crippen molar-refractivity contribution >= 4 is 48.7 Å². The third-order valence-corrected chi connectivity index (χ3v) is 15.0. The highest BCUT2D eigenvalue weighted by Gasteiger charge is 2.53. The molecule has 416 valence electrons. The van der Waals surface area contributed by atoms with Crippen LogP contribution in [0.1, 0.15) is 221 Å². The molecule has 3 aromatic carbocycles. The van der Waals surface area contributed by atoms with Gasteiger partial charge in [0.05, 0.1) is 18.8 Å². The molecule has 0 bridgehead atoms. The zero-order valence-corrected chi connectivity index (χ0v) is 46.4. The van der Waals surface area contributed by atoms with Crippen molar-refractivity contribution in [2.45, 2.75) is 205 Å². The van der Waals surface area contributed by atoms with Crippen LogP contribution in [0.25, 0.3) is 0 Å². The van der Waals surface area contributed by atoms with E-state index in [0.717, 1.165) is 38.5 Å². The molecule has 0 radical (unpaired) electrons. The van der Waals surface area contributed by atoms with E-state index < -0.39 is 44.0 Å². The molecule has 3 aromatic rings. The zero-order chi connectivity index (χ0) is 53.7. The van der Waals surface area contributed by atoms with E-state index in [1.807, 2.05) is 0 Å². The van der Waals surface area contributed by atoms with Gasteiger partial charge in [0.2, 0.25) is 0 Å². The molecule has 0 saturated carbocycles. The first-order chi connectivity index (χ1) is 36.3. The minimum Gasteiger partial charge on any atom is -0.508 e. The highest BCUT2D eigenvalue weighted by molar-refractivity contribution is 7.80. The maximum atomic E-state index is 13.5. The van der Waals surface area contributed by atoms with Crippen LogP contribution in [0.4, 0.5) is 5.69 Å². The first-order valence-corrected chi connectivity index (χ1v) is 30.0. The van der Waals surface area contributed by atoms with Gasteiger partial charge in [-0.2, -0.15) is 0 Å². The number of aromatic hydroxyl groups is 2. The lowest BCUT2D eigenvalue weighted by atomic mass is 9.77.